The van der Waals surface area contributed by atoms with E-state index in [0.29, 0.717) is 12.5 Å². The van der Waals surface area contributed by atoms with Gasteiger partial charge in [0.1, 0.15) is 12.6 Å². The quantitative estimate of drug-likeness (QED) is 0.544. The molecule has 0 amide bonds. The van der Waals surface area contributed by atoms with Crippen molar-refractivity contribution in [2.45, 2.75) is 26.3 Å². The lowest BCUT2D eigenvalue weighted by molar-refractivity contribution is -0.113. The summed E-state index contributed by atoms with van der Waals surface area (Å²) in [4.78, 5) is 25.2. The molecular weight excluding hydrogens is 204 g/mol. The van der Waals surface area contributed by atoms with Crippen molar-refractivity contribution in [2.75, 3.05) is 33.7 Å². The third-order valence-corrected chi connectivity index (χ3v) is 2.66. The topological polar surface area (TPSA) is 40.6 Å². The molecule has 0 aliphatic rings. The third kappa shape index (κ3) is 6.69. The Kier molecular flexibility index (Phi) is 8.03. The summed E-state index contributed by atoms with van der Waals surface area (Å²) in [6, 6.07) is -0.00960. The standard InChI is InChI=1S/C12H24N2O2/c1-11(2)9-12(10-16)14(4)6-5-13(3)7-8-15/h8,10-12H,5-7,9H2,1-4H3. The molecule has 0 saturated carbocycles. The Balaban J connectivity index is 3.96. The van der Waals surface area contributed by atoms with Gasteiger partial charge in [0.25, 0.3) is 0 Å². The molecule has 0 heterocycles. The number of rotatable bonds is 9. The number of hydrogen-bond donors (Lipinski definition) is 0. The van der Waals surface area contributed by atoms with Crippen LogP contribution in [0.2, 0.25) is 0 Å². The van der Waals surface area contributed by atoms with Crippen LogP contribution in [0.3, 0.4) is 0 Å². The molecule has 0 radical (unpaired) electrons. The van der Waals surface area contributed by atoms with Crippen LogP contribution in [0.1, 0.15) is 20.3 Å². The van der Waals surface area contributed by atoms with Crippen molar-refractivity contribution in [3.8, 4) is 0 Å². The van der Waals surface area contributed by atoms with E-state index in [1.807, 2.05) is 23.9 Å². The van der Waals surface area contributed by atoms with E-state index in [1.165, 1.54) is 0 Å². The number of hydrogen-bond acceptors (Lipinski definition) is 4. The van der Waals surface area contributed by atoms with E-state index in [4.69, 9.17) is 0 Å². The fourth-order valence-corrected chi connectivity index (χ4v) is 1.54. The second-order valence-corrected chi connectivity index (χ2v) is 4.74. The first-order valence-electron chi connectivity index (χ1n) is 5.79. The number of aldehydes is 2. The number of nitrogens with zero attached hydrogens (tertiary/aromatic N) is 2. The Morgan fingerprint density at radius 3 is 2.19 bits per heavy atom. The zero-order valence-corrected chi connectivity index (χ0v) is 10.8. The molecule has 0 fully saturated rings. The average Bonchev–Trinajstić information content (AvgIpc) is 2.22. The highest BCUT2D eigenvalue weighted by molar-refractivity contribution is 5.57. The Bertz CT molecular complexity index is 207. The molecule has 16 heavy (non-hydrogen) atoms. The van der Waals surface area contributed by atoms with Gasteiger partial charge in [-0.05, 0) is 26.4 Å². The smallest absolute Gasteiger partial charge is 0.137 e. The van der Waals surface area contributed by atoms with Crippen LogP contribution in [-0.2, 0) is 9.59 Å². The summed E-state index contributed by atoms with van der Waals surface area (Å²) < 4.78 is 0. The second kappa shape index (κ2) is 8.42. The fourth-order valence-electron chi connectivity index (χ4n) is 1.54. The van der Waals surface area contributed by atoms with Crippen LogP contribution in [0.5, 0.6) is 0 Å². The van der Waals surface area contributed by atoms with Gasteiger partial charge >= 0.3 is 0 Å². The Morgan fingerprint density at radius 2 is 1.75 bits per heavy atom. The van der Waals surface area contributed by atoms with Crippen LogP contribution in [0, 0.1) is 5.92 Å². The van der Waals surface area contributed by atoms with Gasteiger partial charge < -0.3 is 9.59 Å². The van der Waals surface area contributed by atoms with E-state index in [9.17, 15) is 9.59 Å². The lowest BCUT2D eigenvalue weighted by atomic mass is 10.0. The van der Waals surface area contributed by atoms with E-state index in [1.54, 1.807) is 0 Å². The van der Waals surface area contributed by atoms with Crippen LogP contribution >= 0.6 is 0 Å². The molecule has 0 aromatic heterocycles. The Labute approximate surface area is 98.6 Å². The molecule has 1 unspecified atom stereocenters. The summed E-state index contributed by atoms with van der Waals surface area (Å²) in [5.74, 6) is 0.519. The van der Waals surface area contributed by atoms with Gasteiger partial charge in [-0.1, -0.05) is 13.8 Å². The van der Waals surface area contributed by atoms with Crippen molar-refractivity contribution in [1.82, 2.24) is 9.80 Å². The predicted octanol–water partition coefficient (Wildman–Crippen LogP) is 0.663. The SMILES string of the molecule is CC(C)CC(C=O)N(C)CCN(C)CC=O. The summed E-state index contributed by atoms with van der Waals surface area (Å²) in [7, 11) is 3.86. The van der Waals surface area contributed by atoms with Crippen molar-refractivity contribution >= 4 is 12.6 Å². The minimum atomic E-state index is -0.00960. The maximum atomic E-state index is 10.9. The van der Waals surface area contributed by atoms with E-state index in [-0.39, 0.29) is 6.04 Å². The predicted molar refractivity (Wildman–Crippen MR) is 65.5 cm³/mol. The summed E-state index contributed by atoms with van der Waals surface area (Å²) in [5.41, 5.74) is 0. The van der Waals surface area contributed by atoms with Crippen LogP contribution in [0.15, 0.2) is 0 Å². The second-order valence-electron chi connectivity index (χ2n) is 4.74. The third-order valence-electron chi connectivity index (χ3n) is 2.66. The molecule has 0 saturated heterocycles. The van der Waals surface area contributed by atoms with E-state index in [0.717, 1.165) is 32.1 Å². The number of likely N-dealkylation sites (N-methyl/N-ethyl adjacent to an activating group) is 2. The highest BCUT2D eigenvalue weighted by Gasteiger charge is 2.15. The van der Waals surface area contributed by atoms with Gasteiger partial charge in [0, 0.05) is 13.1 Å². The lowest BCUT2D eigenvalue weighted by Crippen LogP contribution is -2.39. The van der Waals surface area contributed by atoms with Crippen LogP contribution < -0.4 is 0 Å². The first-order chi connectivity index (χ1) is 7.51. The molecule has 4 nitrogen and oxygen atoms in total. The summed E-state index contributed by atoms with van der Waals surface area (Å²) in [6.07, 6.45) is 2.79. The number of carbonyl (C=O) groups is 2. The summed E-state index contributed by atoms with van der Waals surface area (Å²) in [6.45, 7) is 6.29. The molecule has 4 heteroatoms. The van der Waals surface area contributed by atoms with Crippen LogP contribution in [-0.4, -0.2) is 62.1 Å². The first-order valence-corrected chi connectivity index (χ1v) is 5.79. The van der Waals surface area contributed by atoms with Gasteiger partial charge in [0.2, 0.25) is 0 Å². The largest absolute Gasteiger partial charge is 0.302 e. The molecule has 0 bridgehead atoms. The van der Waals surface area contributed by atoms with E-state index < -0.39 is 0 Å². The maximum Gasteiger partial charge on any atom is 0.137 e. The average molecular weight is 228 g/mol. The normalized spacial score (nSPS) is 13.4. The fraction of sp³-hybridized carbons (Fsp3) is 0.833. The molecule has 0 aromatic carbocycles. The molecule has 0 aliphatic carbocycles. The van der Waals surface area contributed by atoms with Crippen LogP contribution in [0.4, 0.5) is 0 Å². The van der Waals surface area contributed by atoms with Crippen molar-refractivity contribution in [2.24, 2.45) is 5.92 Å². The summed E-state index contributed by atoms with van der Waals surface area (Å²) >= 11 is 0. The maximum absolute atomic E-state index is 10.9. The summed E-state index contributed by atoms with van der Waals surface area (Å²) in [5, 5.41) is 0. The molecule has 0 aromatic rings. The highest BCUT2D eigenvalue weighted by atomic mass is 16.1. The van der Waals surface area contributed by atoms with Gasteiger partial charge in [-0.2, -0.15) is 0 Å². The molecule has 0 spiro atoms. The van der Waals surface area contributed by atoms with E-state index >= 15 is 0 Å². The van der Waals surface area contributed by atoms with Crippen LogP contribution in [0.25, 0.3) is 0 Å². The Morgan fingerprint density at radius 1 is 1.12 bits per heavy atom. The van der Waals surface area contributed by atoms with Gasteiger partial charge in [0.15, 0.2) is 0 Å². The van der Waals surface area contributed by atoms with E-state index in [2.05, 4.69) is 13.8 Å². The zero-order chi connectivity index (χ0) is 12.6. The van der Waals surface area contributed by atoms with Crippen molar-refractivity contribution in [1.29, 1.82) is 0 Å². The molecule has 0 N–H and O–H groups in total. The molecule has 0 rings (SSSR count). The minimum absolute atomic E-state index is 0.00960. The van der Waals surface area contributed by atoms with Gasteiger partial charge in [0.05, 0.1) is 12.6 Å². The van der Waals surface area contributed by atoms with Crippen molar-refractivity contribution in [3.63, 3.8) is 0 Å². The lowest BCUT2D eigenvalue weighted by Gasteiger charge is -2.26. The van der Waals surface area contributed by atoms with Gasteiger partial charge in [-0.25, -0.2) is 0 Å². The molecule has 0 aliphatic heterocycles. The van der Waals surface area contributed by atoms with Gasteiger partial charge in [-0.15, -0.1) is 0 Å². The highest BCUT2D eigenvalue weighted by Crippen LogP contribution is 2.08. The van der Waals surface area contributed by atoms with Gasteiger partial charge in [-0.3, -0.25) is 9.80 Å². The monoisotopic (exact) mass is 228 g/mol. The van der Waals surface area contributed by atoms with Crippen molar-refractivity contribution < 1.29 is 9.59 Å². The first kappa shape index (κ1) is 15.3. The zero-order valence-electron chi connectivity index (χ0n) is 10.8. The van der Waals surface area contributed by atoms with Crippen molar-refractivity contribution in [3.05, 3.63) is 0 Å². The molecule has 1 atom stereocenters. The number of carbonyl (C=O) groups excluding carboxylic acids is 2. The minimum Gasteiger partial charge on any atom is -0.302 e. The molecular formula is C12H24N2O2. The molecule has 94 valence electrons. The Hall–Kier alpha value is -0.740.